The van der Waals surface area contributed by atoms with Crippen LogP contribution in [0.25, 0.3) is 0 Å². The van der Waals surface area contributed by atoms with E-state index in [1.54, 1.807) is 17.9 Å². The third-order valence-corrected chi connectivity index (χ3v) is 4.35. The standard InChI is InChI=1S/C17H27N5O3/c1-13-7-9-22(12-13)17-19-10-14(11-20-17)16(24)18-8-5-3-2-4-6-15(23)21-25/h10-11,13,25H,2-9,12H2,1H3,(H,18,24)(H,21,23)/t13-/m1/s1. The summed E-state index contributed by atoms with van der Waals surface area (Å²) in [6, 6.07) is 0. The van der Waals surface area contributed by atoms with Gasteiger partial charge in [0.05, 0.1) is 5.56 Å². The van der Waals surface area contributed by atoms with Crippen molar-refractivity contribution in [3.63, 3.8) is 0 Å². The van der Waals surface area contributed by atoms with Crippen LogP contribution >= 0.6 is 0 Å². The Morgan fingerprint density at radius 2 is 1.96 bits per heavy atom. The molecule has 1 atom stereocenters. The number of rotatable bonds is 9. The quantitative estimate of drug-likeness (QED) is 0.354. The molecule has 1 fully saturated rings. The molecule has 2 amide bonds. The van der Waals surface area contributed by atoms with Gasteiger partial charge in [0, 0.05) is 38.4 Å². The van der Waals surface area contributed by atoms with Gasteiger partial charge in [-0.3, -0.25) is 14.8 Å². The molecule has 1 aliphatic rings. The third kappa shape index (κ3) is 6.30. The molecular weight excluding hydrogens is 322 g/mol. The Morgan fingerprint density at radius 1 is 1.24 bits per heavy atom. The number of hydrogen-bond acceptors (Lipinski definition) is 6. The van der Waals surface area contributed by atoms with Crippen LogP contribution in [-0.4, -0.2) is 46.6 Å². The Balaban J connectivity index is 1.63. The summed E-state index contributed by atoms with van der Waals surface area (Å²) in [6.45, 7) is 4.72. The van der Waals surface area contributed by atoms with Gasteiger partial charge in [0.25, 0.3) is 5.91 Å². The molecule has 8 heteroatoms. The van der Waals surface area contributed by atoms with Gasteiger partial charge in [0.1, 0.15) is 0 Å². The fourth-order valence-electron chi connectivity index (χ4n) is 2.84. The molecule has 138 valence electrons. The van der Waals surface area contributed by atoms with Crippen molar-refractivity contribution in [3.8, 4) is 0 Å². The van der Waals surface area contributed by atoms with E-state index >= 15 is 0 Å². The predicted octanol–water partition coefficient (Wildman–Crippen LogP) is 1.51. The highest BCUT2D eigenvalue weighted by atomic mass is 16.5. The second-order valence-corrected chi connectivity index (χ2v) is 6.57. The summed E-state index contributed by atoms with van der Waals surface area (Å²) >= 11 is 0. The van der Waals surface area contributed by atoms with Gasteiger partial charge < -0.3 is 10.2 Å². The minimum absolute atomic E-state index is 0.166. The molecule has 3 N–H and O–H groups in total. The molecule has 1 aromatic heterocycles. The Kier molecular flexibility index (Phi) is 7.59. The number of carbonyl (C=O) groups excluding carboxylic acids is 2. The summed E-state index contributed by atoms with van der Waals surface area (Å²) in [5.74, 6) is 0.818. The number of hydroxylamine groups is 1. The number of amides is 2. The lowest BCUT2D eigenvalue weighted by molar-refractivity contribution is -0.129. The Bertz CT molecular complexity index is 564. The summed E-state index contributed by atoms with van der Waals surface area (Å²) in [5.41, 5.74) is 2.08. The van der Waals surface area contributed by atoms with Crippen molar-refractivity contribution in [3.05, 3.63) is 18.0 Å². The zero-order valence-corrected chi connectivity index (χ0v) is 14.7. The number of aromatic nitrogens is 2. The summed E-state index contributed by atoms with van der Waals surface area (Å²) in [6.07, 6.45) is 8.00. The molecule has 0 saturated carbocycles. The lowest BCUT2D eigenvalue weighted by atomic mass is 10.1. The van der Waals surface area contributed by atoms with Crippen LogP contribution < -0.4 is 15.7 Å². The van der Waals surface area contributed by atoms with E-state index in [1.807, 2.05) is 0 Å². The van der Waals surface area contributed by atoms with Crippen LogP contribution in [0.2, 0.25) is 0 Å². The monoisotopic (exact) mass is 349 g/mol. The predicted molar refractivity (Wildman–Crippen MR) is 93.4 cm³/mol. The van der Waals surface area contributed by atoms with Crippen molar-refractivity contribution in [2.75, 3.05) is 24.5 Å². The van der Waals surface area contributed by atoms with Gasteiger partial charge in [-0.15, -0.1) is 0 Å². The highest BCUT2D eigenvalue weighted by molar-refractivity contribution is 5.93. The maximum Gasteiger partial charge on any atom is 0.254 e. The van der Waals surface area contributed by atoms with E-state index < -0.39 is 0 Å². The van der Waals surface area contributed by atoms with Gasteiger partial charge in [-0.2, -0.15) is 0 Å². The van der Waals surface area contributed by atoms with E-state index in [0.29, 0.717) is 30.4 Å². The second-order valence-electron chi connectivity index (χ2n) is 6.57. The summed E-state index contributed by atoms with van der Waals surface area (Å²) < 4.78 is 0. The molecule has 0 spiro atoms. The van der Waals surface area contributed by atoms with Crippen LogP contribution in [0, 0.1) is 5.92 Å². The van der Waals surface area contributed by atoms with E-state index in [1.165, 1.54) is 0 Å². The first kappa shape index (κ1) is 19.1. The van der Waals surface area contributed by atoms with E-state index in [9.17, 15) is 9.59 Å². The van der Waals surface area contributed by atoms with Crippen molar-refractivity contribution in [1.29, 1.82) is 0 Å². The zero-order chi connectivity index (χ0) is 18.1. The van der Waals surface area contributed by atoms with Crippen LogP contribution in [0.5, 0.6) is 0 Å². The minimum Gasteiger partial charge on any atom is -0.352 e. The lowest BCUT2D eigenvalue weighted by Crippen LogP contribution is -2.26. The topological polar surface area (TPSA) is 107 Å². The largest absolute Gasteiger partial charge is 0.352 e. The molecule has 2 rings (SSSR count). The molecule has 1 aliphatic heterocycles. The van der Waals surface area contributed by atoms with Gasteiger partial charge in [0.15, 0.2) is 0 Å². The Labute approximate surface area is 148 Å². The van der Waals surface area contributed by atoms with E-state index in [4.69, 9.17) is 5.21 Å². The molecular formula is C17H27N5O3. The maximum atomic E-state index is 12.1. The van der Waals surface area contributed by atoms with Crippen LogP contribution in [0.3, 0.4) is 0 Å². The van der Waals surface area contributed by atoms with Crippen LogP contribution in [-0.2, 0) is 4.79 Å². The van der Waals surface area contributed by atoms with Crippen LogP contribution in [0.1, 0.15) is 55.8 Å². The van der Waals surface area contributed by atoms with Crippen molar-refractivity contribution in [2.24, 2.45) is 5.92 Å². The van der Waals surface area contributed by atoms with Crippen LogP contribution in [0.4, 0.5) is 5.95 Å². The highest BCUT2D eigenvalue weighted by Gasteiger charge is 2.21. The molecule has 8 nitrogen and oxygen atoms in total. The zero-order valence-electron chi connectivity index (χ0n) is 14.7. The van der Waals surface area contributed by atoms with Gasteiger partial charge in [0.2, 0.25) is 11.9 Å². The molecule has 1 saturated heterocycles. The Hall–Kier alpha value is -2.22. The summed E-state index contributed by atoms with van der Waals surface area (Å²) in [5, 5.41) is 11.2. The smallest absolute Gasteiger partial charge is 0.254 e. The SMILES string of the molecule is C[C@@H]1CCN(c2ncc(C(=O)NCCCCCCC(=O)NO)cn2)C1. The van der Waals surface area contributed by atoms with Gasteiger partial charge in [-0.05, 0) is 25.2 Å². The average Bonchev–Trinajstić information content (AvgIpc) is 3.07. The number of hydrogen-bond donors (Lipinski definition) is 3. The Morgan fingerprint density at radius 3 is 2.60 bits per heavy atom. The number of nitrogens with one attached hydrogen (secondary N) is 2. The molecule has 0 unspecified atom stereocenters. The molecule has 0 radical (unpaired) electrons. The number of unbranched alkanes of at least 4 members (excludes halogenated alkanes) is 3. The van der Waals surface area contributed by atoms with Crippen LogP contribution in [0.15, 0.2) is 12.4 Å². The minimum atomic E-state index is -0.361. The lowest BCUT2D eigenvalue weighted by Gasteiger charge is -2.15. The maximum absolute atomic E-state index is 12.1. The molecule has 0 aliphatic carbocycles. The molecule has 0 aromatic carbocycles. The number of nitrogens with zero attached hydrogens (tertiary/aromatic N) is 3. The fourth-order valence-corrected chi connectivity index (χ4v) is 2.84. The van der Waals surface area contributed by atoms with E-state index in [2.05, 4.69) is 27.1 Å². The molecule has 1 aromatic rings. The first-order valence-electron chi connectivity index (χ1n) is 8.88. The highest BCUT2D eigenvalue weighted by Crippen LogP contribution is 2.19. The van der Waals surface area contributed by atoms with Crippen molar-refractivity contribution >= 4 is 17.8 Å². The fraction of sp³-hybridized carbons (Fsp3) is 0.647. The van der Waals surface area contributed by atoms with E-state index in [0.717, 1.165) is 45.2 Å². The first-order valence-corrected chi connectivity index (χ1v) is 8.88. The summed E-state index contributed by atoms with van der Waals surface area (Å²) in [4.78, 5) is 33.7. The molecule has 25 heavy (non-hydrogen) atoms. The van der Waals surface area contributed by atoms with Crippen molar-refractivity contribution in [2.45, 2.75) is 45.4 Å². The van der Waals surface area contributed by atoms with Gasteiger partial charge in [-0.1, -0.05) is 19.8 Å². The normalized spacial score (nSPS) is 16.7. The first-order chi connectivity index (χ1) is 12.1. The number of carbonyl (C=O) groups is 2. The van der Waals surface area contributed by atoms with Gasteiger partial charge >= 0.3 is 0 Å². The molecule has 0 bridgehead atoms. The second kappa shape index (κ2) is 9.93. The average molecular weight is 349 g/mol. The molecule has 2 heterocycles. The van der Waals surface area contributed by atoms with Crippen molar-refractivity contribution in [1.82, 2.24) is 20.8 Å². The number of anilines is 1. The van der Waals surface area contributed by atoms with E-state index in [-0.39, 0.29) is 11.8 Å². The van der Waals surface area contributed by atoms with Crippen molar-refractivity contribution < 1.29 is 14.8 Å². The third-order valence-electron chi connectivity index (χ3n) is 4.35. The van der Waals surface area contributed by atoms with Gasteiger partial charge in [-0.25, -0.2) is 15.4 Å². The summed E-state index contributed by atoms with van der Waals surface area (Å²) in [7, 11) is 0.